The van der Waals surface area contributed by atoms with Crippen LogP contribution in [-0.4, -0.2) is 57.7 Å². The zero-order chi connectivity index (χ0) is 24.5. The Morgan fingerprint density at radius 1 is 1.33 bits per heavy atom. The number of aryl methyl sites for hydroxylation is 1. The highest BCUT2D eigenvalue weighted by molar-refractivity contribution is 6.29. The molecule has 1 aromatic carbocycles. The van der Waals surface area contributed by atoms with E-state index in [2.05, 4.69) is 9.97 Å². The highest BCUT2D eigenvalue weighted by Crippen LogP contribution is 2.31. The van der Waals surface area contributed by atoms with E-state index in [1.807, 2.05) is 0 Å². The molecule has 0 amide bonds. The Bertz CT molecular complexity index is 1110. The quantitative estimate of drug-likeness (QED) is 0.245. The summed E-state index contributed by atoms with van der Waals surface area (Å²) in [6, 6.07) is 5.92. The lowest BCUT2D eigenvalue weighted by Gasteiger charge is -2.25. The SMILES string of the molecule is Cc1cccc(F)c1C(C)(C)C(=O)CC(=O)c1nc(Cl)cc(O[C@@H](C)C2=[N+](C)C[C@H](F)C2)n1. The van der Waals surface area contributed by atoms with E-state index >= 15 is 0 Å². The fraction of sp³-hybridized carbons (Fsp3) is 0.458. The van der Waals surface area contributed by atoms with Crippen molar-refractivity contribution < 1.29 is 27.7 Å². The molecule has 2 heterocycles. The molecule has 0 saturated carbocycles. The average Bonchev–Trinajstić information content (AvgIpc) is 3.05. The van der Waals surface area contributed by atoms with Gasteiger partial charge in [-0.3, -0.25) is 9.59 Å². The molecule has 0 N–H and O–H groups in total. The molecular weight excluding hydrogens is 452 g/mol. The molecule has 0 saturated heterocycles. The lowest BCUT2D eigenvalue weighted by atomic mass is 9.76. The molecule has 1 aliphatic heterocycles. The van der Waals surface area contributed by atoms with Crippen molar-refractivity contribution in [2.24, 2.45) is 0 Å². The number of alkyl halides is 1. The van der Waals surface area contributed by atoms with Gasteiger partial charge in [0.2, 0.25) is 17.5 Å². The first kappa shape index (κ1) is 24.9. The maximum absolute atomic E-state index is 14.4. The summed E-state index contributed by atoms with van der Waals surface area (Å²) in [6.07, 6.45) is -1.73. The molecule has 0 bridgehead atoms. The highest BCUT2D eigenvalue weighted by atomic mass is 35.5. The fourth-order valence-corrected chi connectivity index (χ4v) is 4.35. The number of hydrogen-bond donors (Lipinski definition) is 0. The van der Waals surface area contributed by atoms with Crippen LogP contribution in [0.1, 0.15) is 55.4 Å². The van der Waals surface area contributed by atoms with Gasteiger partial charge in [0, 0.05) is 11.6 Å². The van der Waals surface area contributed by atoms with Gasteiger partial charge in [0.25, 0.3) is 0 Å². The van der Waals surface area contributed by atoms with Gasteiger partial charge in [-0.2, -0.15) is 4.98 Å². The van der Waals surface area contributed by atoms with Crippen molar-refractivity contribution in [2.45, 2.75) is 58.2 Å². The van der Waals surface area contributed by atoms with E-state index in [0.29, 0.717) is 5.56 Å². The van der Waals surface area contributed by atoms with Crippen molar-refractivity contribution in [3.63, 3.8) is 0 Å². The Labute approximate surface area is 196 Å². The van der Waals surface area contributed by atoms with Crippen molar-refractivity contribution in [2.75, 3.05) is 13.6 Å². The van der Waals surface area contributed by atoms with Gasteiger partial charge in [-0.25, -0.2) is 18.3 Å². The molecule has 6 nitrogen and oxygen atoms in total. The van der Waals surface area contributed by atoms with Crippen LogP contribution in [0.3, 0.4) is 0 Å². The minimum absolute atomic E-state index is 0.0275. The molecule has 1 aromatic heterocycles. The summed E-state index contributed by atoms with van der Waals surface area (Å²) < 4.78 is 35.7. The molecule has 0 aliphatic carbocycles. The maximum Gasteiger partial charge on any atom is 0.219 e. The molecule has 2 atom stereocenters. The van der Waals surface area contributed by atoms with Gasteiger partial charge >= 0.3 is 0 Å². The lowest BCUT2D eigenvalue weighted by molar-refractivity contribution is -0.495. The van der Waals surface area contributed by atoms with Gasteiger partial charge < -0.3 is 4.74 Å². The van der Waals surface area contributed by atoms with Gasteiger partial charge in [-0.1, -0.05) is 23.7 Å². The Morgan fingerprint density at radius 3 is 2.64 bits per heavy atom. The number of halogens is 3. The zero-order valence-corrected chi connectivity index (χ0v) is 20.0. The second kappa shape index (κ2) is 9.63. The molecule has 176 valence electrons. The topological polar surface area (TPSA) is 72.2 Å². The first-order valence-corrected chi connectivity index (χ1v) is 11.0. The molecule has 3 rings (SSSR count). The van der Waals surface area contributed by atoms with Gasteiger partial charge in [0.1, 0.15) is 18.0 Å². The van der Waals surface area contributed by atoms with Crippen LogP contribution < -0.4 is 4.74 Å². The normalized spacial score (nSPS) is 17.3. The summed E-state index contributed by atoms with van der Waals surface area (Å²) >= 11 is 6.06. The summed E-state index contributed by atoms with van der Waals surface area (Å²) in [6.45, 7) is 6.92. The lowest BCUT2D eigenvalue weighted by Crippen LogP contribution is -2.33. The minimum Gasteiger partial charge on any atom is -0.464 e. The molecule has 0 fully saturated rings. The Balaban J connectivity index is 1.78. The van der Waals surface area contributed by atoms with Crippen LogP contribution in [0.15, 0.2) is 24.3 Å². The van der Waals surface area contributed by atoms with Crippen LogP contribution in [0.4, 0.5) is 8.78 Å². The molecule has 1 aliphatic rings. The van der Waals surface area contributed by atoms with Gasteiger partial charge in [0.15, 0.2) is 30.3 Å². The fourth-order valence-electron chi connectivity index (χ4n) is 4.18. The number of carbonyl (C=O) groups excluding carboxylic acids is 2. The molecular formula is C24H27ClF2N3O3+. The van der Waals surface area contributed by atoms with Crippen LogP contribution in [0.2, 0.25) is 5.15 Å². The second-order valence-electron chi connectivity index (χ2n) is 8.87. The van der Waals surface area contributed by atoms with E-state index in [-0.39, 0.29) is 35.4 Å². The summed E-state index contributed by atoms with van der Waals surface area (Å²) in [5, 5.41) is -0.0275. The third-order valence-corrected chi connectivity index (χ3v) is 6.14. The van der Waals surface area contributed by atoms with Crippen LogP contribution in [-0.2, 0) is 10.2 Å². The number of ether oxygens (including phenoxy) is 1. The van der Waals surface area contributed by atoms with Crippen LogP contribution >= 0.6 is 11.6 Å². The first-order chi connectivity index (χ1) is 15.4. The standard InChI is InChI=1S/C24H27ClF2N3O3/c1-13-7-6-8-16(27)22(13)24(3,4)19(32)10-18(31)23-28-20(25)11-21(29-23)33-14(2)17-9-15(26)12-30(17)5/h6-8,11,14-15H,9-10,12H2,1-5H3/q+1/t14-,15+/m0/s1. The first-order valence-electron chi connectivity index (χ1n) is 10.6. The molecule has 33 heavy (non-hydrogen) atoms. The number of carbonyl (C=O) groups is 2. The van der Waals surface area contributed by atoms with Gasteiger partial charge in [-0.15, -0.1) is 0 Å². The van der Waals surface area contributed by atoms with Crippen LogP contribution in [0, 0.1) is 12.7 Å². The Morgan fingerprint density at radius 2 is 2.03 bits per heavy atom. The molecule has 9 heteroatoms. The van der Waals surface area contributed by atoms with Crippen molar-refractivity contribution in [1.82, 2.24) is 9.97 Å². The number of rotatable bonds is 8. The van der Waals surface area contributed by atoms with E-state index < -0.39 is 41.5 Å². The van der Waals surface area contributed by atoms with Gasteiger partial charge in [-0.05, 0) is 39.3 Å². The van der Waals surface area contributed by atoms with E-state index in [4.69, 9.17) is 16.3 Å². The maximum atomic E-state index is 14.4. The largest absolute Gasteiger partial charge is 0.464 e. The summed E-state index contributed by atoms with van der Waals surface area (Å²) in [4.78, 5) is 33.9. The summed E-state index contributed by atoms with van der Waals surface area (Å²) in [7, 11) is 1.78. The number of benzene rings is 1. The van der Waals surface area contributed by atoms with Crippen molar-refractivity contribution in [3.05, 3.63) is 52.2 Å². The van der Waals surface area contributed by atoms with E-state index in [1.54, 1.807) is 51.5 Å². The Hall–Kier alpha value is -2.74. The summed E-state index contributed by atoms with van der Waals surface area (Å²) in [5.41, 5.74) is 0.401. The predicted molar refractivity (Wildman–Crippen MR) is 121 cm³/mol. The third kappa shape index (κ3) is 5.43. The van der Waals surface area contributed by atoms with Crippen LogP contribution in [0.25, 0.3) is 0 Å². The molecule has 0 radical (unpaired) electrons. The predicted octanol–water partition coefficient (Wildman–Crippen LogP) is 4.29. The van der Waals surface area contributed by atoms with E-state index in [0.717, 1.165) is 5.71 Å². The average molecular weight is 479 g/mol. The smallest absolute Gasteiger partial charge is 0.219 e. The van der Waals surface area contributed by atoms with Crippen molar-refractivity contribution >= 4 is 28.9 Å². The van der Waals surface area contributed by atoms with E-state index in [9.17, 15) is 18.4 Å². The second-order valence-corrected chi connectivity index (χ2v) is 9.25. The molecule has 0 spiro atoms. The number of nitrogens with zero attached hydrogens (tertiary/aromatic N) is 3. The molecule has 0 unspecified atom stereocenters. The van der Waals surface area contributed by atoms with Gasteiger partial charge in [0.05, 0.1) is 18.3 Å². The number of ketones is 2. The van der Waals surface area contributed by atoms with Crippen LogP contribution in [0.5, 0.6) is 5.88 Å². The minimum atomic E-state index is -1.23. The van der Waals surface area contributed by atoms with Crippen molar-refractivity contribution in [1.29, 1.82) is 0 Å². The number of aromatic nitrogens is 2. The monoisotopic (exact) mass is 478 g/mol. The number of Topliss-reactive ketones (excluding diaryl/α,β-unsaturated/α-hetero) is 2. The summed E-state index contributed by atoms with van der Waals surface area (Å²) in [5.74, 6) is -1.86. The third-order valence-electron chi connectivity index (χ3n) is 5.95. The zero-order valence-electron chi connectivity index (χ0n) is 19.3. The van der Waals surface area contributed by atoms with Crippen molar-refractivity contribution in [3.8, 4) is 5.88 Å². The van der Waals surface area contributed by atoms with E-state index in [1.165, 1.54) is 12.1 Å². The number of hydrogen-bond acceptors (Lipinski definition) is 5. The Kier molecular flexibility index (Phi) is 7.26. The molecule has 2 aromatic rings. The highest BCUT2D eigenvalue weighted by Gasteiger charge is 2.36.